The summed E-state index contributed by atoms with van der Waals surface area (Å²) in [6.45, 7) is 7.84. The molecule has 1 rings (SSSR count). The fourth-order valence-electron chi connectivity index (χ4n) is 1.69. The lowest BCUT2D eigenvalue weighted by Gasteiger charge is -2.32. The Kier molecular flexibility index (Phi) is 3.89. The van der Waals surface area contributed by atoms with E-state index >= 15 is 0 Å². The first-order chi connectivity index (χ1) is 6.91. The van der Waals surface area contributed by atoms with Crippen molar-refractivity contribution in [1.29, 1.82) is 0 Å². The van der Waals surface area contributed by atoms with Crippen LogP contribution in [0.3, 0.4) is 0 Å². The van der Waals surface area contributed by atoms with Gasteiger partial charge in [0.1, 0.15) is 0 Å². The summed E-state index contributed by atoms with van der Waals surface area (Å²) in [7, 11) is 0. The summed E-state index contributed by atoms with van der Waals surface area (Å²) < 4.78 is 0. The Hall–Kier alpha value is -0.860. The average molecular weight is 207 g/mol. The van der Waals surface area contributed by atoms with Crippen molar-refractivity contribution in [2.75, 3.05) is 0 Å². The van der Waals surface area contributed by atoms with Crippen molar-refractivity contribution in [1.82, 2.24) is 5.32 Å². The second-order valence-corrected chi connectivity index (χ2v) is 4.82. The molecule has 2 N–H and O–H groups in total. The molecule has 0 aromatic heterocycles. The Morgan fingerprint density at radius 1 is 1.13 bits per heavy atom. The molecule has 1 aromatic carbocycles. The number of aliphatic hydroxyl groups is 1. The lowest BCUT2D eigenvalue weighted by atomic mass is 9.91. The first kappa shape index (κ1) is 12.2. The molecule has 0 fully saturated rings. The van der Waals surface area contributed by atoms with Gasteiger partial charge in [-0.3, -0.25) is 0 Å². The third kappa shape index (κ3) is 3.65. The number of nitrogens with one attached hydrogen (secondary N) is 1. The highest BCUT2D eigenvalue weighted by atomic mass is 16.3. The zero-order valence-corrected chi connectivity index (χ0v) is 9.99. The predicted octanol–water partition coefficient (Wildman–Crippen LogP) is 2.50. The van der Waals surface area contributed by atoms with Gasteiger partial charge < -0.3 is 10.4 Å². The summed E-state index contributed by atoms with van der Waals surface area (Å²) in [5.41, 5.74) is 0.365. The summed E-state index contributed by atoms with van der Waals surface area (Å²) in [5.74, 6) is 0. The third-order valence-electron chi connectivity index (χ3n) is 2.34. The molecule has 2 nitrogen and oxygen atoms in total. The number of benzene rings is 1. The summed E-state index contributed by atoms with van der Waals surface area (Å²) in [6, 6.07) is 10.4. The largest absolute Gasteiger partial charge is 0.388 e. The molecule has 1 aromatic rings. The van der Waals surface area contributed by atoms with Crippen LogP contribution in [0, 0.1) is 0 Å². The van der Waals surface area contributed by atoms with Gasteiger partial charge in [0.2, 0.25) is 0 Å². The molecule has 1 unspecified atom stereocenters. The molecule has 15 heavy (non-hydrogen) atoms. The Labute approximate surface area is 92.3 Å². The Morgan fingerprint density at radius 3 is 2.07 bits per heavy atom. The van der Waals surface area contributed by atoms with Gasteiger partial charge in [0.15, 0.2) is 0 Å². The topological polar surface area (TPSA) is 32.3 Å². The Bertz CT molecular complexity index is 287. The van der Waals surface area contributed by atoms with Crippen LogP contribution < -0.4 is 5.32 Å². The van der Waals surface area contributed by atoms with Gasteiger partial charge in [-0.2, -0.15) is 0 Å². The molecule has 0 radical (unpaired) electrons. The van der Waals surface area contributed by atoms with Gasteiger partial charge in [0, 0.05) is 6.04 Å². The summed E-state index contributed by atoms with van der Waals surface area (Å²) >= 11 is 0. The van der Waals surface area contributed by atoms with E-state index in [-0.39, 0.29) is 6.04 Å². The lowest BCUT2D eigenvalue weighted by Crippen LogP contribution is -2.42. The van der Waals surface area contributed by atoms with Crippen LogP contribution in [0.4, 0.5) is 0 Å². The van der Waals surface area contributed by atoms with Crippen molar-refractivity contribution in [2.45, 2.75) is 45.4 Å². The van der Waals surface area contributed by atoms with Gasteiger partial charge >= 0.3 is 0 Å². The van der Waals surface area contributed by atoms with Crippen molar-refractivity contribution in [3.8, 4) is 0 Å². The minimum absolute atomic E-state index is 0.0290. The van der Waals surface area contributed by atoms with Crippen molar-refractivity contribution in [3.05, 3.63) is 35.9 Å². The molecule has 0 aliphatic heterocycles. The monoisotopic (exact) mass is 207 g/mol. The highest BCUT2D eigenvalue weighted by molar-refractivity contribution is 5.21. The van der Waals surface area contributed by atoms with E-state index in [4.69, 9.17) is 0 Å². The van der Waals surface area contributed by atoms with Crippen molar-refractivity contribution in [3.63, 3.8) is 0 Å². The molecular formula is C13H21NO. The molecule has 0 aliphatic rings. The van der Waals surface area contributed by atoms with Crippen LogP contribution in [-0.4, -0.2) is 16.7 Å². The van der Waals surface area contributed by atoms with Gasteiger partial charge in [-0.15, -0.1) is 0 Å². The van der Waals surface area contributed by atoms with E-state index in [1.54, 1.807) is 0 Å². The number of rotatable bonds is 4. The highest BCUT2D eigenvalue weighted by Gasteiger charge is 2.28. The molecule has 0 amide bonds. The first-order valence-electron chi connectivity index (χ1n) is 5.44. The maximum atomic E-state index is 10.1. The van der Waals surface area contributed by atoms with E-state index in [1.807, 2.05) is 44.2 Å². The van der Waals surface area contributed by atoms with E-state index in [2.05, 4.69) is 19.2 Å². The molecule has 84 valence electrons. The number of hydrogen-bond donors (Lipinski definition) is 2. The van der Waals surface area contributed by atoms with E-state index < -0.39 is 5.60 Å². The van der Waals surface area contributed by atoms with Crippen LogP contribution in [0.25, 0.3) is 0 Å². The normalized spacial score (nSPS) is 14.3. The smallest absolute Gasteiger partial charge is 0.0785 e. The summed E-state index contributed by atoms with van der Waals surface area (Å²) in [4.78, 5) is 0. The molecule has 0 saturated heterocycles. The van der Waals surface area contributed by atoms with Gasteiger partial charge in [0.05, 0.1) is 11.6 Å². The predicted molar refractivity (Wildman–Crippen MR) is 63.8 cm³/mol. The van der Waals surface area contributed by atoms with E-state index in [0.29, 0.717) is 6.04 Å². The quantitative estimate of drug-likeness (QED) is 0.795. The fourth-order valence-corrected chi connectivity index (χ4v) is 1.69. The molecule has 2 heteroatoms. The summed E-state index contributed by atoms with van der Waals surface area (Å²) in [5, 5.41) is 13.5. The van der Waals surface area contributed by atoms with E-state index in [0.717, 1.165) is 5.56 Å². The zero-order chi connectivity index (χ0) is 11.5. The maximum absolute atomic E-state index is 10.1. The Morgan fingerprint density at radius 2 is 1.67 bits per heavy atom. The second-order valence-electron chi connectivity index (χ2n) is 4.82. The van der Waals surface area contributed by atoms with E-state index in [1.165, 1.54) is 0 Å². The Balaban J connectivity index is 2.92. The van der Waals surface area contributed by atoms with Crippen LogP contribution in [0.5, 0.6) is 0 Å². The fraction of sp³-hybridized carbons (Fsp3) is 0.538. The lowest BCUT2D eigenvalue weighted by molar-refractivity contribution is 0.0338. The van der Waals surface area contributed by atoms with Crippen LogP contribution in [0.15, 0.2) is 30.3 Å². The molecular weight excluding hydrogens is 186 g/mol. The van der Waals surface area contributed by atoms with E-state index in [9.17, 15) is 5.11 Å². The number of hydrogen-bond acceptors (Lipinski definition) is 2. The van der Waals surface area contributed by atoms with Gasteiger partial charge in [-0.05, 0) is 19.4 Å². The van der Waals surface area contributed by atoms with Crippen LogP contribution in [0.2, 0.25) is 0 Å². The van der Waals surface area contributed by atoms with Crippen molar-refractivity contribution in [2.24, 2.45) is 0 Å². The third-order valence-corrected chi connectivity index (χ3v) is 2.34. The standard InChI is InChI=1S/C13H21NO/c1-10(2)14-12(13(3,4)15)11-8-6-5-7-9-11/h5-10,12,14-15H,1-4H3. The van der Waals surface area contributed by atoms with Gasteiger partial charge in [-0.25, -0.2) is 0 Å². The molecule has 0 saturated carbocycles. The zero-order valence-electron chi connectivity index (χ0n) is 9.99. The van der Waals surface area contributed by atoms with Crippen LogP contribution in [-0.2, 0) is 0 Å². The van der Waals surface area contributed by atoms with Gasteiger partial charge in [0.25, 0.3) is 0 Å². The second kappa shape index (κ2) is 4.77. The van der Waals surface area contributed by atoms with Crippen LogP contribution >= 0.6 is 0 Å². The molecule has 0 bridgehead atoms. The molecule has 0 spiro atoms. The SMILES string of the molecule is CC(C)NC(c1ccccc1)C(C)(C)O. The summed E-state index contributed by atoms with van der Waals surface area (Å²) in [6.07, 6.45) is 0. The van der Waals surface area contributed by atoms with Crippen molar-refractivity contribution >= 4 is 0 Å². The van der Waals surface area contributed by atoms with Crippen molar-refractivity contribution < 1.29 is 5.11 Å². The van der Waals surface area contributed by atoms with Gasteiger partial charge in [-0.1, -0.05) is 44.2 Å². The minimum Gasteiger partial charge on any atom is -0.388 e. The van der Waals surface area contributed by atoms with Crippen LogP contribution in [0.1, 0.15) is 39.3 Å². The maximum Gasteiger partial charge on any atom is 0.0785 e. The highest BCUT2D eigenvalue weighted by Crippen LogP contribution is 2.25. The molecule has 0 heterocycles. The molecule has 1 atom stereocenters. The molecule has 0 aliphatic carbocycles. The average Bonchev–Trinajstić information content (AvgIpc) is 2.14. The first-order valence-corrected chi connectivity index (χ1v) is 5.44. The minimum atomic E-state index is -0.758.